The third kappa shape index (κ3) is 3.40. The number of nitrogens with two attached hydrogens (primary N) is 1. The molecular weight excluding hydrogens is 226 g/mol. The Morgan fingerprint density at radius 1 is 1.17 bits per heavy atom. The quantitative estimate of drug-likeness (QED) is 0.879. The van der Waals surface area contributed by atoms with Gasteiger partial charge in [-0.3, -0.25) is 0 Å². The summed E-state index contributed by atoms with van der Waals surface area (Å²) in [6, 6.07) is 9.90. The van der Waals surface area contributed by atoms with Crippen LogP contribution in [-0.2, 0) is 6.42 Å². The van der Waals surface area contributed by atoms with Crippen molar-refractivity contribution in [3.05, 3.63) is 47.7 Å². The number of hydrogen-bond donors (Lipinski definition) is 1. The minimum atomic E-state index is -0.165. The molecule has 1 aromatic carbocycles. The lowest BCUT2D eigenvalue weighted by atomic mass is 10.0. The van der Waals surface area contributed by atoms with Gasteiger partial charge in [-0.25, -0.2) is 0 Å². The summed E-state index contributed by atoms with van der Waals surface area (Å²) >= 11 is 0. The predicted octanol–water partition coefficient (Wildman–Crippen LogP) is 2.71. The lowest BCUT2D eigenvalue weighted by Gasteiger charge is -2.08. The first-order valence-corrected chi connectivity index (χ1v) is 6.27. The fourth-order valence-electron chi connectivity index (χ4n) is 1.87. The Morgan fingerprint density at radius 3 is 2.56 bits per heavy atom. The highest BCUT2D eigenvalue weighted by Crippen LogP contribution is 2.18. The van der Waals surface area contributed by atoms with Crippen LogP contribution in [0.2, 0.25) is 0 Å². The predicted molar refractivity (Wildman–Crippen MR) is 69.9 cm³/mol. The molecule has 0 fully saturated rings. The summed E-state index contributed by atoms with van der Waals surface area (Å²) in [6.07, 6.45) is 1.51. The van der Waals surface area contributed by atoms with Gasteiger partial charge in [0, 0.05) is 0 Å². The van der Waals surface area contributed by atoms with Crippen LogP contribution >= 0.6 is 0 Å². The van der Waals surface area contributed by atoms with E-state index >= 15 is 0 Å². The molecule has 4 nitrogen and oxygen atoms in total. The molecule has 0 spiro atoms. The smallest absolute Gasteiger partial charge is 0.233 e. The number of nitrogens with zero attached hydrogens (tertiary/aromatic N) is 2. The third-order valence-corrected chi connectivity index (χ3v) is 2.72. The van der Waals surface area contributed by atoms with Gasteiger partial charge in [0.2, 0.25) is 11.8 Å². The lowest BCUT2D eigenvalue weighted by molar-refractivity contribution is 0.387. The highest BCUT2D eigenvalue weighted by Gasteiger charge is 2.15. The van der Waals surface area contributed by atoms with Crippen molar-refractivity contribution in [2.24, 2.45) is 11.7 Å². The Hall–Kier alpha value is -1.68. The van der Waals surface area contributed by atoms with Crippen molar-refractivity contribution in [1.82, 2.24) is 10.2 Å². The number of rotatable bonds is 5. The molecule has 4 heteroatoms. The van der Waals surface area contributed by atoms with Gasteiger partial charge in [-0.05, 0) is 17.9 Å². The first kappa shape index (κ1) is 12.8. The Labute approximate surface area is 107 Å². The third-order valence-electron chi connectivity index (χ3n) is 2.72. The van der Waals surface area contributed by atoms with Gasteiger partial charge in [-0.15, -0.1) is 10.2 Å². The monoisotopic (exact) mass is 245 g/mol. The van der Waals surface area contributed by atoms with Crippen LogP contribution < -0.4 is 5.73 Å². The zero-order chi connectivity index (χ0) is 13.0. The molecule has 1 atom stereocenters. The van der Waals surface area contributed by atoms with Crippen LogP contribution in [0, 0.1) is 5.92 Å². The Morgan fingerprint density at radius 2 is 1.89 bits per heavy atom. The van der Waals surface area contributed by atoms with E-state index in [-0.39, 0.29) is 6.04 Å². The Kier molecular flexibility index (Phi) is 4.10. The number of benzene rings is 1. The van der Waals surface area contributed by atoms with E-state index in [9.17, 15) is 0 Å². The average Bonchev–Trinajstić information content (AvgIpc) is 2.78. The fourth-order valence-corrected chi connectivity index (χ4v) is 1.87. The highest BCUT2D eigenvalue weighted by atomic mass is 16.4. The van der Waals surface area contributed by atoms with Crippen LogP contribution in [-0.4, -0.2) is 10.2 Å². The van der Waals surface area contributed by atoms with Crippen LogP contribution in [0.1, 0.15) is 43.7 Å². The van der Waals surface area contributed by atoms with E-state index in [1.807, 2.05) is 30.3 Å². The van der Waals surface area contributed by atoms with E-state index in [4.69, 9.17) is 10.2 Å². The molecule has 0 saturated heterocycles. The van der Waals surface area contributed by atoms with Crippen molar-refractivity contribution in [3.8, 4) is 0 Å². The van der Waals surface area contributed by atoms with Gasteiger partial charge in [0.1, 0.15) is 0 Å². The van der Waals surface area contributed by atoms with E-state index < -0.39 is 0 Å². The summed E-state index contributed by atoms with van der Waals surface area (Å²) in [7, 11) is 0. The van der Waals surface area contributed by atoms with Crippen molar-refractivity contribution in [2.75, 3.05) is 0 Å². The second-order valence-electron chi connectivity index (χ2n) is 4.93. The number of hydrogen-bond acceptors (Lipinski definition) is 4. The van der Waals surface area contributed by atoms with Gasteiger partial charge in [0.15, 0.2) is 0 Å². The molecule has 1 heterocycles. The summed E-state index contributed by atoms with van der Waals surface area (Å²) in [5.74, 6) is 1.68. The molecular formula is C14H19N3O. The summed E-state index contributed by atoms with van der Waals surface area (Å²) in [5.41, 5.74) is 7.16. The second-order valence-corrected chi connectivity index (χ2v) is 4.93. The molecule has 0 bridgehead atoms. The zero-order valence-corrected chi connectivity index (χ0v) is 10.8. The van der Waals surface area contributed by atoms with Crippen LogP contribution in [0.15, 0.2) is 34.7 Å². The molecule has 0 aliphatic carbocycles. The van der Waals surface area contributed by atoms with E-state index in [0.29, 0.717) is 24.1 Å². The van der Waals surface area contributed by atoms with Crippen LogP contribution in [0.4, 0.5) is 0 Å². The van der Waals surface area contributed by atoms with Crippen LogP contribution in [0.5, 0.6) is 0 Å². The molecule has 18 heavy (non-hydrogen) atoms. The van der Waals surface area contributed by atoms with Crippen molar-refractivity contribution >= 4 is 0 Å². The topological polar surface area (TPSA) is 64.9 Å². The minimum Gasteiger partial charge on any atom is -0.423 e. The Balaban J connectivity index is 2.02. The maximum atomic E-state index is 6.01. The zero-order valence-electron chi connectivity index (χ0n) is 10.8. The van der Waals surface area contributed by atoms with Gasteiger partial charge < -0.3 is 10.2 Å². The molecule has 2 rings (SSSR count). The van der Waals surface area contributed by atoms with E-state index in [0.717, 1.165) is 12.0 Å². The molecule has 0 aliphatic rings. The van der Waals surface area contributed by atoms with E-state index in [2.05, 4.69) is 24.0 Å². The number of aromatic nitrogens is 2. The normalized spacial score (nSPS) is 12.9. The summed E-state index contributed by atoms with van der Waals surface area (Å²) in [4.78, 5) is 0. The SMILES string of the molecule is CC(C)CC(N)c1nnc(Cc2ccccc2)o1. The molecule has 1 unspecified atom stereocenters. The standard InChI is InChI=1S/C14H19N3O/c1-10(2)8-12(15)14-17-16-13(18-14)9-11-6-4-3-5-7-11/h3-7,10,12H,8-9,15H2,1-2H3. The first-order valence-electron chi connectivity index (χ1n) is 6.27. The maximum absolute atomic E-state index is 6.01. The largest absolute Gasteiger partial charge is 0.423 e. The molecule has 96 valence electrons. The first-order chi connectivity index (χ1) is 8.65. The highest BCUT2D eigenvalue weighted by molar-refractivity contribution is 5.17. The fraction of sp³-hybridized carbons (Fsp3) is 0.429. The molecule has 2 N–H and O–H groups in total. The molecule has 1 aromatic heterocycles. The molecule has 2 aromatic rings. The summed E-state index contributed by atoms with van der Waals surface area (Å²) < 4.78 is 5.60. The van der Waals surface area contributed by atoms with Gasteiger partial charge in [-0.2, -0.15) is 0 Å². The average molecular weight is 245 g/mol. The van der Waals surface area contributed by atoms with E-state index in [1.54, 1.807) is 0 Å². The van der Waals surface area contributed by atoms with E-state index in [1.165, 1.54) is 0 Å². The van der Waals surface area contributed by atoms with Crippen LogP contribution in [0.3, 0.4) is 0 Å². The van der Waals surface area contributed by atoms with Crippen molar-refractivity contribution in [3.63, 3.8) is 0 Å². The van der Waals surface area contributed by atoms with Gasteiger partial charge in [0.05, 0.1) is 12.5 Å². The summed E-state index contributed by atoms with van der Waals surface area (Å²) in [6.45, 7) is 4.25. The van der Waals surface area contributed by atoms with Crippen molar-refractivity contribution in [1.29, 1.82) is 0 Å². The van der Waals surface area contributed by atoms with Crippen molar-refractivity contribution < 1.29 is 4.42 Å². The molecule has 0 aliphatic heterocycles. The van der Waals surface area contributed by atoms with Gasteiger partial charge in [0.25, 0.3) is 0 Å². The summed E-state index contributed by atoms with van der Waals surface area (Å²) in [5, 5.41) is 8.07. The van der Waals surface area contributed by atoms with Crippen molar-refractivity contribution in [2.45, 2.75) is 32.7 Å². The Bertz CT molecular complexity index is 479. The van der Waals surface area contributed by atoms with Gasteiger partial charge >= 0.3 is 0 Å². The van der Waals surface area contributed by atoms with Gasteiger partial charge in [-0.1, -0.05) is 44.2 Å². The molecule has 0 amide bonds. The minimum absolute atomic E-state index is 0.165. The lowest BCUT2D eigenvalue weighted by Crippen LogP contribution is -2.13. The second kappa shape index (κ2) is 5.78. The van der Waals surface area contributed by atoms with Crippen LogP contribution in [0.25, 0.3) is 0 Å². The molecule has 0 saturated carbocycles. The maximum Gasteiger partial charge on any atom is 0.233 e. The molecule has 0 radical (unpaired) electrons.